The van der Waals surface area contributed by atoms with Crippen LogP contribution in [0.5, 0.6) is 0 Å². The molecule has 7 nitrogen and oxygen atoms in total. The third-order valence-corrected chi connectivity index (χ3v) is 7.68. The molecule has 0 aliphatic carbocycles. The maximum absolute atomic E-state index is 13.1. The first-order valence-corrected chi connectivity index (χ1v) is 11.7. The largest absolute Gasteiger partial charge is 0.380 e. The van der Waals surface area contributed by atoms with Gasteiger partial charge in [0.25, 0.3) is 5.91 Å². The van der Waals surface area contributed by atoms with Gasteiger partial charge in [-0.3, -0.25) is 4.79 Å². The number of aryl methyl sites for hydroxylation is 1. The number of amides is 1. The molecule has 2 aliphatic heterocycles. The molecule has 8 heteroatoms. The van der Waals surface area contributed by atoms with Crippen LogP contribution < -0.4 is 5.32 Å². The van der Waals surface area contributed by atoms with Crippen LogP contribution in [0.3, 0.4) is 0 Å². The quantitative estimate of drug-likeness (QED) is 0.789. The molecule has 0 spiro atoms. The summed E-state index contributed by atoms with van der Waals surface area (Å²) < 4.78 is 32.9. The molecular formula is C22H27N3O4S. The zero-order chi connectivity index (χ0) is 21.1. The van der Waals surface area contributed by atoms with Crippen LogP contribution in [0.2, 0.25) is 0 Å². The highest BCUT2D eigenvalue weighted by Crippen LogP contribution is 2.24. The number of para-hydroxylation sites is 1. The summed E-state index contributed by atoms with van der Waals surface area (Å²) in [7, 11) is -3.65. The second-order valence-electron chi connectivity index (χ2n) is 7.74. The summed E-state index contributed by atoms with van der Waals surface area (Å²) in [6.45, 7) is 4.44. The molecule has 2 heterocycles. The van der Waals surface area contributed by atoms with Gasteiger partial charge < -0.3 is 15.0 Å². The lowest BCUT2D eigenvalue weighted by atomic mass is 10.1. The summed E-state index contributed by atoms with van der Waals surface area (Å²) in [4.78, 5) is 15.1. The Bertz CT molecular complexity index is 1000. The molecule has 2 aromatic carbocycles. The van der Waals surface area contributed by atoms with E-state index in [1.165, 1.54) is 10.4 Å². The maximum atomic E-state index is 13.1. The van der Waals surface area contributed by atoms with Crippen molar-refractivity contribution < 1.29 is 17.9 Å². The van der Waals surface area contributed by atoms with Gasteiger partial charge in [-0.25, -0.2) is 8.42 Å². The standard InChI is InChI=1S/C22H27N3O4S/c1-17-7-8-18(15-21(17)30(27,28)25-11-13-29-14-12-25)22(26)24-10-9-20(16-24)23-19-5-3-2-4-6-19/h2-8,15,20,23H,9-14,16H2,1H3. The lowest BCUT2D eigenvalue weighted by Crippen LogP contribution is -2.41. The highest BCUT2D eigenvalue weighted by molar-refractivity contribution is 7.89. The molecule has 160 valence electrons. The number of anilines is 1. The number of benzene rings is 2. The zero-order valence-electron chi connectivity index (χ0n) is 17.1. The fourth-order valence-electron chi connectivity index (χ4n) is 3.95. The number of rotatable bonds is 5. The third-order valence-electron chi connectivity index (χ3n) is 5.64. The Labute approximate surface area is 177 Å². The van der Waals surface area contributed by atoms with E-state index in [2.05, 4.69) is 5.32 Å². The van der Waals surface area contributed by atoms with Gasteiger partial charge in [-0.2, -0.15) is 4.31 Å². The summed E-state index contributed by atoms with van der Waals surface area (Å²) in [5.41, 5.74) is 2.09. The average Bonchev–Trinajstić information content (AvgIpc) is 3.23. The second-order valence-corrected chi connectivity index (χ2v) is 9.65. The molecule has 2 fully saturated rings. The number of ether oxygens (including phenoxy) is 1. The lowest BCUT2D eigenvalue weighted by Gasteiger charge is -2.27. The van der Waals surface area contributed by atoms with Crippen molar-refractivity contribution in [2.45, 2.75) is 24.3 Å². The molecule has 30 heavy (non-hydrogen) atoms. The van der Waals surface area contributed by atoms with Gasteiger partial charge in [0, 0.05) is 43.5 Å². The smallest absolute Gasteiger partial charge is 0.253 e. The molecule has 4 rings (SSSR count). The summed E-state index contributed by atoms with van der Waals surface area (Å²) >= 11 is 0. The van der Waals surface area contributed by atoms with Gasteiger partial charge >= 0.3 is 0 Å². The SMILES string of the molecule is Cc1ccc(C(=O)N2CCC(Nc3ccccc3)C2)cc1S(=O)(=O)N1CCOCC1. The number of likely N-dealkylation sites (tertiary alicyclic amines) is 1. The van der Waals surface area contributed by atoms with Crippen molar-refractivity contribution in [3.8, 4) is 0 Å². The number of nitrogens with one attached hydrogen (secondary N) is 1. The fraction of sp³-hybridized carbons (Fsp3) is 0.409. The topological polar surface area (TPSA) is 79.0 Å². The summed E-state index contributed by atoms with van der Waals surface area (Å²) in [5.74, 6) is -0.134. The van der Waals surface area contributed by atoms with Crippen LogP contribution in [0.15, 0.2) is 53.4 Å². The summed E-state index contributed by atoms with van der Waals surface area (Å²) in [5, 5.41) is 3.46. The molecule has 1 amide bonds. The molecule has 2 aromatic rings. The van der Waals surface area contributed by atoms with Crippen molar-refractivity contribution in [3.05, 3.63) is 59.7 Å². The van der Waals surface area contributed by atoms with Crippen LogP contribution in [0.4, 0.5) is 5.69 Å². The van der Waals surface area contributed by atoms with Gasteiger partial charge in [0.05, 0.1) is 18.1 Å². The number of hydrogen-bond donors (Lipinski definition) is 1. The Morgan fingerprint density at radius 2 is 1.80 bits per heavy atom. The predicted octanol–water partition coefficient (Wildman–Crippen LogP) is 2.34. The predicted molar refractivity (Wildman–Crippen MR) is 115 cm³/mol. The van der Waals surface area contributed by atoms with Crippen LogP contribution in [-0.4, -0.2) is 69.0 Å². The molecule has 1 atom stereocenters. The van der Waals surface area contributed by atoms with E-state index in [9.17, 15) is 13.2 Å². The number of carbonyl (C=O) groups is 1. The number of carbonyl (C=O) groups excluding carboxylic acids is 1. The summed E-state index contributed by atoms with van der Waals surface area (Å²) in [6.07, 6.45) is 0.853. The van der Waals surface area contributed by atoms with Crippen LogP contribution in [0, 0.1) is 6.92 Å². The van der Waals surface area contributed by atoms with Crippen molar-refractivity contribution in [2.75, 3.05) is 44.7 Å². The van der Waals surface area contributed by atoms with Crippen molar-refractivity contribution >= 4 is 21.6 Å². The molecule has 0 aromatic heterocycles. The maximum Gasteiger partial charge on any atom is 0.253 e. The van der Waals surface area contributed by atoms with Crippen LogP contribution in [0.1, 0.15) is 22.3 Å². The van der Waals surface area contributed by atoms with Gasteiger partial charge in [-0.05, 0) is 43.2 Å². The first-order valence-electron chi connectivity index (χ1n) is 10.2. The Hall–Kier alpha value is -2.42. The zero-order valence-corrected chi connectivity index (χ0v) is 17.9. The van der Waals surface area contributed by atoms with Gasteiger partial charge in [0.15, 0.2) is 0 Å². The minimum absolute atomic E-state index is 0.134. The van der Waals surface area contributed by atoms with E-state index < -0.39 is 10.0 Å². The lowest BCUT2D eigenvalue weighted by molar-refractivity contribution is 0.0730. The molecule has 0 radical (unpaired) electrons. The van der Waals surface area contributed by atoms with Gasteiger partial charge in [-0.15, -0.1) is 0 Å². The van der Waals surface area contributed by atoms with E-state index in [4.69, 9.17) is 4.74 Å². The van der Waals surface area contributed by atoms with Crippen LogP contribution >= 0.6 is 0 Å². The van der Waals surface area contributed by atoms with E-state index in [1.807, 2.05) is 30.3 Å². The van der Waals surface area contributed by atoms with Gasteiger partial charge in [0.2, 0.25) is 10.0 Å². The highest BCUT2D eigenvalue weighted by Gasteiger charge is 2.31. The highest BCUT2D eigenvalue weighted by atomic mass is 32.2. The fourth-order valence-corrected chi connectivity index (χ4v) is 5.61. The molecular weight excluding hydrogens is 402 g/mol. The summed E-state index contributed by atoms with van der Waals surface area (Å²) in [6, 6.07) is 15.1. The van der Waals surface area contributed by atoms with Crippen LogP contribution in [-0.2, 0) is 14.8 Å². The van der Waals surface area contributed by atoms with E-state index in [1.54, 1.807) is 24.0 Å². The number of morpholine rings is 1. The molecule has 2 aliphatic rings. The van der Waals surface area contributed by atoms with Gasteiger partial charge in [-0.1, -0.05) is 24.3 Å². The van der Waals surface area contributed by atoms with E-state index >= 15 is 0 Å². The van der Waals surface area contributed by atoms with E-state index in [0.29, 0.717) is 50.5 Å². The normalized spacial score (nSPS) is 20.3. The Balaban J connectivity index is 1.49. The second kappa shape index (κ2) is 8.75. The van der Waals surface area contributed by atoms with Crippen molar-refractivity contribution in [3.63, 3.8) is 0 Å². The van der Waals surface area contributed by atoms with Crippen molar-refractivity contribution in [1.82, 2.24) is 9.21 Å². The minimum Gasteiger partial charge on any atom is -0.380 e. The van der Waals surface area contributed by atoms with Crippen molar-refractivity contribution in [1.29, 1.82) is 0 Å². The number of sulfonamides is 1. The van der Waals surface area contributed by atoms with E-state index in [0.717, 1.165) is 12.1 Å². The Morgan fingerprint density at radius 3 is 2.53 bits per heavy atom. The molecule has 0 saturated carbocycles. The first-order chi connectivity index (χ1) is 14.4. The van der Waals surface area contributed by atoms with Crippen molar-refractivity contribution in [2.24, 2.45) is 0 Å². The van der Waals surface area contributed by atoms with E-state index in [-0.39, 0.29) is 16.8 Å². The van der Waals surface area contributed by atoms with Crippen LogP contribution in [0.25, 0.3) is 0 Å². The Morgan fingerprint density at radius 1 is 1.07 bits per heavy atom. The Kier molecular flexibility index (Phi) is 6.08. The number of nitrogens with zero attached hydrogens (tertiary/aromatic N) is 2. The molecule has 2 saturated heterocycles. The molecule has 1 N–H and O–H groups in total. The number of hydrogen-bond acceptors (Lipinski definition) is 5. The first kappa shape index (κ1) is 20.8. The van der Waals surface area contributed by atoms with Gasteiger partial charge in [0.1, 0.15) is 0 Å². The molecule has 0 bridgehead atoms. The molecule has 1 unspecified atom stereocenters. The monoisotopic (exact) mass is 429 g/mol. The minimum atomic E-state index is -3.65. The third kappa shape index (κ3) is 4.35. The average molecular weight is 430 g/mol.